The highest BCUT2D eigenvalue weighted by Crippen LogP contribution is 2.45. The molecule has 36 nitrogen and oxygen atoms in total. The monoisotopic (exact) mass is 2310 g/mol. The van der Waals surface area contributed by atoms with E-state index < -0.39 is 62.5 Å². The molecule has 0 atom stereocenters. The maximum absolute atomic E-state index is 13.3. The van der Waals surface area contributed by atoms with E-state index in [1.807, 2.05) is 152 Å². The second-order valence-corrected chi connectivity index (χ2v) is 54.3. The summed E-state index contributed by atoms with van der Waals surface area (Å²) in [6, 6.07) is 25.1. The average molecular weight is 2310 g/mol. The summed E-state index contributed by atoms with van der Waals surface area (Å²) >= 11 is 13.1. The van der Waals surface area contributed by atoms with Crippen LogP contribution in [-0.4, -0.2) is 170 Å². The Bertz CT molecular complexity index is 6300. The summed E-state index contributed by atoms with van der Waals surface area (Å²) in [5.41, 5.74) is 19.0. The lowest BCUT2D eigenvalue weighted by Crippen LogP contribution is -2.40. The summed E-state index contributed by atoms with van der Waals surface area (Å²) in [5, 5.41) is 27.7. The third-order valence-corrected chi connectivity index (χ3v) is 35.5. The van der Waals surface area contributed by atoms with Gasteiger partial charge in [-0.05, 0) is 297 Å². The van der Waals surface area contributed by atoms with E-state index in [4.69, 9.17) is 41.1 Å². The number of nitrogens with zero attached hydrogens (tertiary/aromatic N) is 8. The van der Waals surface area contributed by atoms with Gasteiger partial charge in [0.1, 0.15) is 34.0 Å². The van der Waals surface area contributed by atoms with Crippen LogP contribution in [-0.2, 0) is 59.0 Å². The maximum atomic E-state index is 13.3. The first-order valence-corrected chi connectivity index (χ1v) is 60.4. The van der Waals surface area contributed by atoms with Crippen molar-refractivity contribution in [2.24, 2.45) is 0 Å². The SMILES string of the molecule is CC(C)(C)OC(=O)NC1CCC(c2ncc(Br)s2)CC1.CC(C)n1nccc1N.CCNS(=O)(=O)c1cc(Br)ccc1-c1cnc(C2CCC(NC(=O)OC(C)(C)C)CC2)s1.CCNS(=O)(=O)c1cc(N)ccc1-c1cnc(C2CCC(NC(=O)OC(C)(C)C)CC2)s1.CCNS(=O)(=O)c1cc(N)ccc1C.CCNS(=O)(=O)c1cc(Nc2ccnn2C(C)C)ccc1-c1cnc(C2CCC(NC(=O)OC(C)(C)C)CC2)s1. The van der Waals surface area contributed by atoms with E-state index in [0.717, 1.165) is 148 Å². The third-order valence-electron chi connectivity index (χ3n) is 23.3. The molecule has 4 aliphatic rings. The normalized spacial score (nSPS) is 18.3. The molecule has 14 rings (SSSR count). The van der Waals surface area contributed by atoms with E-state index in [1.165, 1.54) is 51.2 Å². The molecule has 6 aromatic heterocycles. The molecular weight excluding hydrogens is 2170 g/mol. The van der Waals surface area contributed by atoms with Gasteiger partial charge in [-0.2, -0.15) is 10.2 Å². The van der Waals surface area contributed by atoms with E-state index in [1.54, 1.807) is 124 Å². The molecule has 4 aromatic carbocycles. The molecule has 4 aliphatic carbocycles. The Labute approximate surface area is 900 Å². The Morgan fingerprint density at radius 3 is 1.01 bits per heavy atom. The molecule has 0 aliphatic heterocycles. The van der Waals surface area contributed by atoms with Crippen LogP contribution in [0.2, 0.25) is 0 Å². The Hall–Kier alpha value is -9.30. The number of halogens is 2. The first-order valence-electron chi connectivity index (χ1n) is 49.6. The summed E-state index contributed by atoms with van der Waals surface area (Å²) < 4.78 is 138. The Morgan fingerprint density at radius 2 is 0.687 bits per heavy atom. The Kier molecular flexibility index (Phi) is 44.6. The lowest BCUT2D eigenvalue weighted by Gasteiger charge is -2.29. The molecule has 0 bridgehead atoms. The van der Waals surface area contributed by atoms with Crippen LogP contribution in [0.3, 0.4) is 0 Å². The van der Waals surface area contributed by atoms with Crippen molar-refractivity contribution in [3.63, 3.8) is 0 Å². The minimum atomic E-state index is -3.75. The number of nitrogens with one attached hydrogen (secondary N) is 9. The number of amides is 4. The first kappa shape index (κ1) is 121. The number of thiazole rings is 4. The van der Waals surface area contributed by atoms with Crippen LogP contribution in [0.5, 0.6) is 0 Å². The smallest absolute Gasteiger partial charge is 0.407 e. The minimum Gasteiger partial charge on any atom is -0.444 e. The number of nitrogens with two attached hydrogens (primary N) is 3. The molecule has 6 heterocycles. The highest BCUT2D eigenvalue weighted by Gasteiger charge is 2.35. The standard InChI is InChI=1S/C28H40N6O4S2.C22H30BrN3O4S2.C22H32N4O4S2.C14H21BrN2O2S.C9H14N2O2S.C6H11N3/c1-7-31-40(36,37)24-16-21(32-25-14-15-30-34(25)18(2)3)12-13-22(24)23-17-29-26(39-23)19-8-10-20(11-9-19)33-27(35)38-28(4,5)6;2*1-5-25-32(28,29)19-12-15(23)8-11-17(19)18-13-24-20(31-18)14-6-9-16(10-7-14)26-21(27)30-22(2,3)4;1-14(2,3)19-13(18)17-10-6-4-9(5-7-10)12-16-8-11(15)20-12;1-3-11-14(12,13)9-6-8(10)5-4-7(9)2;1-5(2)9-6(7)3-4-8-9/h12-20,31-32H,7-11H2,1-6H3,(H,33,35);8,11-14,16,25H,5-7,9-10H2,1-4H3,(H,26,27);8,11-14,16,25H,5-7,9-10,23H2,1-4H3,(H,26,27);8-10H,4-7H2,1-3H3,(H,17,18);4-6,11H,3,10H2,1-2H3;3-5H,7H2,1-2H3. The van der Waals surface area contributed by atoms with Crippen LogP contribution in [0.15, 0.2) is 150 Å². The number of nitrogen functional groups attached to an aromatic ring is 3. The van der Waals surface area contributed by atoms with Crippen molar-refractivity contribution in [2.45, 2.75) is 350 Å². The number of carbonyl (C=O) groups excluding carboxylic acids is 4. The van der Waals surface area contributed by atoms with Gasteiger partial charge in [-0.1, -0.05) is 67.9 Å². The van der Waals surface area contributed by atoms with Gasteiger partial charge in [-0.15, -0.1) is 45.3 Å². The summed E-state index contributed by atoms with van der Waals surface area (Å²) in [6.45, 7) is 40.5. The van der Waals surface area contributed by atoms with Gasteiger partial charge in [-0.25, -0.2) is 101 Å². The lowest BCUT2D eigenvalue weighted by atomic mass is 9.86. The van der Waals surface area contributed by atoms with Crippen LogP contribution in [0.1, 0.15) is 303 Å². The van der Waals surface area contributed by atoms with Crippen LogP contribution >= 0.6 is 77.2 Å². The summed E-state index contributed by atoms with van der Waals surface area (Å²) in [7, 11) is -14.4. The first-order chi connectivity index (χ1) is 68.8. The predicted molar refractivity (Wildman–Crippen MR) is 594 cm³/mol. The summed E-state index contributed by atoms with van der Waals surface area (Å²) in [6.07, 6.45) is 23.7. The zero-order valence-electron chi connectivity index (χ0n) is 87.8. The Morgan fingerprint density at radius 1 is 0.388 bits per heavy atom. The van der Waals surface area contributed by atoms with Crippen molar-refractivity contribution < 1.29 is 71.8 Å². The molecule has 4 amide bonds. The number of alkyl carbamates (subject to hydrolysis) is 4. The van der Waals surface area contributed by atoms with Gasteiger partial charge in [0.25, 0.3) is 0 Å². The zero-order chi connectivity index (χ0) is 108. The second-order valence-electron chi connectivity index (χ2n) is 40.8. The second kappa shape index (κ2) is 54.1. The number of anilines is 5. The quantitative estimate of drug-likeness (QED) is 0.0168. The van der Waals surface area contributed by atoms with Gasteiger partial charge >= 0.3 is 24.4 Å². The molecule has 10 aromatic rings. The van der Waals surface area contributed by atoms with Crippen LogP contribution in [0.25, 0.3) is 31.3 Å². The molecule has 0 saturated heterocycles. The number of hydrogen-bond acceptors (Lipinski definition) is 30. The fraction of sp³-hybridized carbons (Fsp3) is 0.545. The fourth-order valence-electron chi connectivity index (χ4n) is 16.7. The number of ether oxygens (including phenoxy) is 4. The van der Waals surface area contributed by atoms with Crippen LogP contribution in [0, 0.1) is 6.92 Å². The largest absolute Gasteiger partial charge is 0.444 e. The summed E-state index contributed by atoms with van der Waals surface area (Å²) in [4.78, 5) is 69.6. The van der Waals surface area contributed by atoms with E-state index in [0.29, 0.717) is 81.3 Å². The highest BCUT2D eigenvalue weighted by atomic mass is 79.9. The predicted octanol–water partition coefficient (Wildman–Crippen LogP) is 22.2. The third kappa shape index (κ3) is 38.2. The topological polar surface area (TPSA) is 515 Å². The molecule has 147 heavy (non-hydrogen) atoms. The molecule has 0 radical (unpaired) electrons. The number of hydrogen-bond donors (Lipinski definition) is 12. The van der Waals surface area contributed by atoms with Crippen molar-refractivity contribution in [1.82, 2.24) is 79.7 Å². The zero-order valence-corrected chi connectivity index (χ0v) is 97.5. The van der Waals surface area contributed by atoms with Crippen LogP contribution in [0.4, 0.5) is 47.9 Å². The van der Waals surface area contributed by atoms with Crippen molar-refractivity contribution >= 4 is 170 Å². The lowest BCUT2D eigenvalue weighted by molar-refractivity contribution is 0.0479. The van der Waals surface area contributed by atoms with E-state index in [-0.39, 0.29) is 92.5 Å². The number of carbonyl (C=O) groups is 4. The molecule has 15 N–H and O–H groups in total. The highest BCUT2D eigenvalue weighted by molar-refractivity contribution is 9.11. The van der Waals surface area contributed by atoms with Crippen molar-refractivity contribution in [2.75, 3.05) is 48.7 Å². The molecule has 0 spiro atoms. The maximum Gasteiger partial charge on any atom is 0.407 e. The number of rotatable bonds is 27. The molecular formula is C101H148Br2N20O16S8. The number of aromatic nitrogens is 8. The number of benzene rings is 4. The molecule has 4 fully saturated rings. The van der Waals surface area contributed by atoms with Crippen molar-refractivity contribution in [3.05, 3.63) is 156 Å². The van der Waals surface area contributed by atoms with Gasteiger partial charge in [0.15, 0.2) is 0 Å². The average Bonchev–Trinajstić information content (AvgIpc) is 1.73. The van der Waals surface area contributed by atoms with Crippen molar-refractivity contribution in [1.29, 1.82) is 0 Å². The van der Waals surface area contributed by atoms with Gasteiger partial charge in [0, 0.05) is 149 Å². The van der Waals surface area contributed by atoms with E-state index in [9.17, 15) is 52.8 Å². The molecule has 0 unspecified atom stereocenters. The fourth-order valence-corrected chi connectivity index (χ4v) is 27.4. The Balaban J connectivity index is 0.000000206. The van der Waals surface area contributed by atoms with Gasteiger partial charge < -0.3 is 62.7 Å². The number of aryl methyl sites for hydroxylation is 1. The van der Waals surface area contributed by atoms with Gasteiger partial charge in [0.05, 0.1) is 76.6 Å². The summed E-state index contributed by atoms with van der Waals surface area (Å²) in [5.74, 6) is 2.89. The van der Waals surface area contributed by atoms with E-state index >= 15 is 0 Å². The van der Waals surface area contributed by atoms with E-state index in [2.05, 4.69) is 102 Å². The number of sulfonamides is 4. The minimum absolute atomic E-state index is 0.0782. The molecule has 46 heteroatoms. The van der Waals surface area contributed by atoms with Crippen molar-refractivity contribution in [3.8, 4) is 31.3 Å². The van der Waals surface area contributed by atoms with Gasteiger partial charge in [0.2, 0.25) is 40.1 Å². The molecule has 4 saturated carbocycles. The molecule has 810 valence electrons. The van der Waals surface area contributed by atoms with Crippen LogP contribution < -0.4 is 62.7 Å². The van der Waals surface area contributed by atoms with Gasteiger partial charge in [-0.3, -0.25) is 0 Å².